The lowest BCUT2D eigenvalue weighted by Gasteiger charge is -2.31. The van der Waals surface area contributed by atoms with Crippen LogP contribution in [-0.2, 0) is 4.79 Å². The van der Waals surface area contributed by atoms with Gasteiger partial charge in [0.2, 0.25) is 5.91 Å². The van der Waals surface area contributed by atoms with Gasteiger partial charge >= 0.3 is 0 Å². The van der Waals surface area contributed by atoms with E-state index >= 15 is 0 Å². The molecule has 2 N–H and O–H groups in total. The Morgan fingerprint density at radius 3 is 2.69 bits per heavy atom. The van der Waals surface area contributed by atoms with E-state index in [1.54, 1.807) is 0 Å². The Labute approximate surface area is 97.0 Å². The van der Waals surface area contributed by atoms with Crippen LogP contribution in [0.2, 0.25) is 0 Å². The molecule has 1 aliphatic heterocycles. The number of rotatable bonds is 4. The zero-order valence-corrected chi connectivity index (χ0v) is 10.0. The largest absolute Gasteiger partial charge is 0.396 e. The van der Waals surface area contributed by atoms with Crippen molar-refractivity contribution >= 4 is 5.91 Å². The molecule has 1 aliphatic carbocycles. The third-order valence-electron chi connectivity index (χ3n) is 4.17. The van der Waals surface area contributed by atoms with E-state index in [2.05, 4.69) is 5.32 Å². The van der Waals surface area contributed by atoms with E-state index < -0.39 is 0 Å². The molecule has 2 rings (SSSR count). The van der Waals surface area contributed by atoms with E-state index in [0.717, 1.165) is 32.4 Å². The van der Waals surface area contributed by atoms with Crippen molar-refractivity contribution in [2.75, 3.05) is 26.7 Å². The van der Waals surface area contributed by atoms with Gasteiger partial charge in [0, 0.05) is 18.5 Å². The zero-order valence-electron chi connectivity index (χ0n) is 10.0. The number of nitrogens with zero attached hydrogens (tertiary/aromatic N) is 1. The maximum absolute atomic E-state index is 12.0. The number of amides is 1. The molecule has 4 heteroatoms. The lowest BCUT2D eigenvalue weighted by molar-refractivity contribution is -0.131. The molecule has 0 aromatic heterocycles. The summed E-state index contributed by atoms with van der Waals surface area (Å²) >= 11 is 0. The van der Waals surface area contributed by atoms with Gasteiger partial charge in [-0.05, 0) is 26.3 Å². The van der Waals surface area contributed by atoms with Gasteiger partial charge in [0.25, 0.3) is 0 Å². The highest BCUT2D eigenvalue weighted by atomic mass is 16.3. The minimum Gasteiger partial charge on any atom is -0.396 e. The summed E-state index contributed by atoms with van der Waals surface area (Å²) in [6.07, 6.45) is 5.42. The molecule has 1 atom stereocenters. The normalized spacial score (nSPS) is 29.0. The molecule has 4 nitrogen and oxygen atoms in total. The number of aliphatic hydroxyl groups is 1. The molecular weight excluding hydrogens is 204 g/mol. The average molecular weight is 226 g/mol. The number of aliphatic hydroxyl groups excluding tert-OH is 1. The van der Waals surface area contributed by atoms with Crippen molar-refractivity contribution in [1.29, 1.82) is 0 Å². The van der Waals surface area contributed by atoms with Crippen molar-refractivity contribution in [3.05, 3.63) is 0 Å². The zero-order chi connectivity index (χ0) is 11.6. The van der Waals surface area contributed by atoms with Gasteiger partial charge in [0.1, 0.15) is 0 Å². The van der Waals surface area contributed by atoms with Crippen molar-refractivity contribution in [2.45, 2.75) is 38.1 Å². The van der Waals surface area contributed by atoms with Crippen LogP contribution in [0.3, 0.4) is 0 Å². The molecule has 0 spiro atoms. The van der Waals surface area contributed by atoms with Crippen LogP contribution in [0.15, 0.2) is 0 Å². The SMILES string of the molecule is CNC1CCN(CC2(CO)CCCC2)C1=O. The second-order valence-electron chi connectivity index (χ2n) is 5.25. The number of likely N-dealkylation sites (tertiary alicyclic amines) is 1. The summed E-state index contributed by atoms with van der Waals surface area (Å²) in [5.74, 6) is 0.210. The van der Waals surface area contributed by atoms with E-state index in [-0.39, 0.29) is 24.0 Å². The Balaban J connectivity index is 1.97. The van der Waals surface area contributed by atoms with Gasteiger partial charge in [-0.15, -0.1) is 0 Å². The van der Waals surface area contributed by atoms with Crippen molar-refractivity contribution in [2.24, 2.45) is 5.41 Å². The van der Waals surface area contributed by atoms with Gasteiger partial charge in [-0.2, -0.15) is 0 Å². The smallest absolute Gasteiger partial charge is 0.239 e. The van der Waals surface area contributed by atoms with E-state index in [1.165, 1.54) is 12.8 Å². The predicted molar refractivity (Wildman–Crippen MR) is 62.0 cm³/mol. The molecule has 92 valence electrons. The lowest BCUT2D eigenvalue weighted by atomic mass is 9.86. The topological polar surface area (TPSA) is 52.6 Å². The Morgan fingerprint density at radius 1 is 1.50 bits per heavy atom. The maximum Gasteiger partial charge on any atom is 0.239 e. The Bertz CT molecular complexity index is 262. The number of nitrogens with one attached hydrogen (secondary N) is 1. The molecule has 1 saturated heterocycles. The minimum atomic E-state index is -0.00264. The summed E-state index contributed by atoms with van der Waals surface area (Å²) in [5.41, 5.74) is -0.00170. The van der Waals surface area contributed by atoms with Crippen molar-refractivity contribution in [3.8, 4) is 0 Å². The van der Waals surface area contributed by atoms with Crippen molar-refractivity contribution < 1.29 is 9.90 Å². The molecule has 0 aromatic carbocycles. The van der Waals surface area contributed by atoms with Crippen LogP contribution in [0, 0.1) is 5.41 Å². The number of hydrogen-bond acceptors (Lipinski definition) is 3. The summed E-state index contributed by atoms with van der Waals surface area (Å²) < 4.78 is 0. The van der Waals surface area contributed by atoms with Gasteiger partial charge in [0.05, 0.1) is 12.6 Å². The highest BCUT2D eigenvalue weighted by Crippen LogP contribution is 2.38. The number of hydrogen-bond donors (Lipinski definition) is 2. The first kappa shape index (κ1) is 11.9. The molecular formula is C12H22N2O2. The second kappa shape index (κ2) is 4.72. The third-order valence-corrected chi connectivity index (χ3v) is 4.17. The van der Waals surface area contributed by atoms with Crippen LogP contribution in [0.1, 0.15) is 32.1 Å². The van der Waals surface area contributed by atoms with E-state index in [0.29, 0.717) is 0 Å². The molecule has 0 radical (unpaired) electrons. The van der Waals surface area contributed by atoms with Crippen LogP contribution < -0.4 is 5.32 Å². The van der Waals surface area contributed by atoms with Crippen LogP contribution in [0.4, 0.5) is 0 Å². The van der Waals surface area contributed by atoms with Gasteiger partial charge in [-0.1, -0.05) is 12.8 Å². The second-order valence-corrected chi connectivity index (χ2v) is 5.25. The van der Waals surface area contributed by atoms with Crippen LogP contribution in [0.25, 0.3) is 0 Å². The fourth-order valence-corrected chi connectivity index (χ4v) is 3.06. The Kier molecular flexibility index (Phi) is 3.50. The van der Waals surface area contributed by atoms with Crippen LogP contribution in [-0.4, -0.2) is 48.7 Å². The molecule has 16 heavy (non-hydrogen) atoms. The minimum absolute atomic E-state index is 0.00170. The van der Waals surface area contributed by atoms with Gasteiger partial charge in [-0.25, -0.2) is 0 Å². The molecule has 2 aliphatic rings. The first-order valence-electron chi connectivity index (χ1n) is 6.28. The lowest BCUT2D eigenvalue weighted by Crippen LogP contribution is -2.42. The van der Waals surface area contributed by atoms with Gasteiger partial charge in [0.15, 0.2) is 0 Å². The number of likely N-dealkylation sites (N-methyl/N-ethyl adjacent to an activating group) is 1. The van der Waals surface area contributed by atoms with Gasteiger partial charge in [-0.3, -0.25) is 4.79 Å². The standard InChI is InChI=1S/C12H22N2O2/c1-13-10-4-7-14(11(10)16)8-12(9-15)5-2-3-6-12/h10,13,15H,2-9H2,1H3. The summed E-state index contributed by atoms with van der Waals surface area (Å²) in [7, 11) is 1.84. The first-order valence-corrected chi connectivity index (χ1v) is 6.28. The molecule has 1 heterocycles. The molecule has 1 unspecified atom stereocenters. The fourth-order valence-electron chi connectivity index (χ4n) is 3.06. The van der Waals surface area contributed by atoms with Crippen LogP contribution >= 0.6 is 0 Å². The molecule has 0 bridgehead atoms. The van der Waals surface area contributed by atoms with E-state index in [9.17, 15) is 9.90 Å². The molecule has 1 saturated carbocycles. The highest BCUT2D eigenvalue weighted by Gasteiger charge is 2.39. The first-order chi connectivity index (χ1) is 7.71. The summed E-state index contributed by atoms with van der Waals surface area (Å²) in [5, 5.41) is 12.6. The predicted octanol–water partition coefficient (Wildman–Crippen LogP) is 0.359. The number of carbonyl (C=O) groups excluding carboxylic acids is 1. The van der Waals surface area contributed by atoms with Crippen molar-refractivity contribution in [3.63, 3.8) is 0 Å². The Hall–Kier alpha value is -0.610. The van der Waals surface area contributed by atoms with Crippen LogP contribution in [0.5, 0.6) is 0 Å². The summed E-state index contributed by atoms with van der Waals surface area (Å²) in [6.45, 7) is 1.81. The van der Waals surface area contributed by atoms with E-state index in [1.807, 2.05) is 11.9 Å². The van der Waals surface area contributed by atoms with Crippen molar-refractivity contribution in [1.82, 2.24) is 10.2 Å². The highest BCUT2D eigenvalue weighted by molar-refractivity contribution is 5.83. The average Bonchev–Trinajstić information content (AvgIpc) is 2.89. The summed E-state index contributed by atoms with van der Waals surface area (Å²) in [4.78, 5) is 13.9. The molecule has 2 fully saturated rings. The number of carbonyl (C=O) groups is 1. The third kappa shape index (κ3) is 2.09. The Morgan fingerprint density at radius 2 is 2.19 bits per heavy atom. The quantitative estimate of drug-likeness (QED) is 0.728. The fraction of sp³-hybridized carbons (Fsp3) is 0.917. The van der Waals surface area contributed by atoms with Gasteiger partial charge < -0.3 is 15.3 Å². The molecule has 1 amide bonds. The van der Waals surface area contributed by atoms with E-state index in [4.69, 9.17) is 0 Å². The summed E-state index contributed by atoms with van der Waals surface area (Å²) in [6, 6.07) is -0.00264. The molecule has 0 aromatic rings. The monoisotopic (exact) mass is 226 g/mol. The maximum atomic E-state index is 12.0.